The number of esters is 1. The summed E-state index contributed by atoms with van der Waals surface area (Å²) in [6.07, 6.45) is -0.993. The molecule has 0 spiro atoms. The molecule has 2 rings (SSSR count). The van der Waals surface area contributed by atoms with Crippen LogP contribution in [0.4, 0.5) is 5.69 Å². The highest BCUT2D eigenvalue weighted by Crippen LogP contribution is 2.23. The van der Waals surface area contributed by atoms with E-state index < -0.39 is 18.0 Å². The number of benzene rings is 2. The van der Waals surface area contributed by atoms with Crippen LogP contribution in [-0.4, -0.2) is 18.0 Å². The summed E-state index contributed by atoms with van der Waals surface area (Å²) in [4.78, 5) is 24.2. The molecule has 0 aliphatic heterocycles. The molecular formula is C17H14Cl3NO3. The highest BCUT2D eigenvalue weighted by atomic mass is 35.5. The molecule has 24 heavy (non-hydrogen) atoms. The van der Waals surface area contributed by atoms with Crippen molar-refractivity contribution < 1.29 is 14.3 Å². The van der Waals surface area contributed by atoms with Crippen LogP contribution >= 0.6 is 34.8 Å². The summed E-state index contributed by atoms with van der Waals surface area (Å²) < 4.78 is 5.13. The van der Waals surface area contributed by atoms with E-state index in [4.69, 9.17) is 39.5 Å². The average Bonchev–Trinajstić information content (AvgIpc) is 2.53. The summed E-state index contributed by atoms with van der Waals surface area (Å²) in [6.45, 7) is 3.33. The predicted octanol–water partition coefficient (Wildman–Crippen LogP) is 5.14. The fourth-order valence-corrected chi connectivity index (χ4v) is 2.30. The molecule has 0 heterocycles. The number of hydrogen-bond donors (Lipinski definition) is 1. The maximum absolute atomic E-state index is 12.1. The number of anilines is 1. The lowest BCUT2D eigenvalue weighted by atomic mass is 10.2. The number of nitrogens with one attached hydrogen (secondary N) is 1. The summed E-state index contributed by atoms with van der Waals surface area (Å²) in [5, 5.41) is 3.74. The Labute approximate surface area is 154 Å². The van der Waals surface area contributed by atoms with Gasteiger partial charge in [0.05, 0.1) is 15.6 Å². The van der Waals surface area contributed by atoms with Crippen LogP contribution in [0.1, 0.15) is 22.8 Å². The van der Waals surface area contributed by atoms with Crippen LogP contribution in [-0.2, 0) is 9.53 Å². The molecule has 1 atom stereocenters. The second-order valence-electron chi connectivity index (χ2n) is 5.13. The van der Waals surface area contributed by atoms with Gasteiger partial charge in [-0.05, 0) is 49.7 Å². The lowest BCUT2D eigenvalue weighted by Crippen LogP contribution is -2.30. The molecule has 7 heteroatoms. The largest absolute Gasteiger partial charge is 0.449 e. The van der Waals surface area contributed by atoms with E-state index in [0.29, 0.717) is 15.7 Å². The van der Waals surface area contributed by atoms with Gasteiger partial charge in [0.15, 0.2) is 6.10 Å². The lowest BCUT2D eigenvalue weighted by molar-refractivity contribution is -0.123. The highest BCUT2D eigenvalue weighted by Gasteiger charge is 2.19. The lowest BCUT2D eigenvalue weighted by Gasteiger charge is -2.14. The van der Waals surface area contributed by atoms with Gasteiger partial charge >= 0.3 is 5.97 Å². The van der Waals surface area contributed by atoms with Crippen molar-refractivity contribution in [2.24, 2.45) is 0 Å². The van der Waals surface area contributed by atoms with Gasteiger partial charge in [0, 0.05) is 10.7 Å². The van der Waals surface area contributed by atoms with Gasteiger partial charge in [-0.3, -0.25) is 4.79 Å². The average molecular weight is 387 g/mol. The van der Waals surface area contributed by atoms with Crippen LogP contribution in [0.3, 0.4) is 0 Å². The zero-order valence-electron chi connectivity index (χ0n) is 12.9. The summed E-state index contributed by atoms with van der Waals surface area (Å²) in [7, 11) is 0. The first-order chi connectivity index (χ1) is 11.3. The number of rotatable bonds is 4. The van der Waals surface area contributed by atoms with Crippen LogP contribution < -0.4 is 5.32 Å². The number of carbonyl (C=O) groups excluding carboxylic acids is 2. The third-order valence-corrected chi connectivity index (χ3v) is 4.39. The molecule has 0 aliphatic carbocycles. The molecular weight excluding hydrogens is 373 g/mol. The topological polar surface area (TPSA) is 55.4 Å². The van der Waals surface area contributed by atoms with Crippen molar-refractivity contribution in [1.82, 2.24) is 0 Å². The summed E-state index contributed by atoms with van der Waals surface area (Å²) in [5.41, 5.74) is 1.63. The molecule has 1 N–H and O–H groups in total. The van der Waals surface area contributed by atoms with Gasteiger partial charge in [0.1, 0.15) is 0 Å². The maximum atomic E-state index is 12.1. The van der Waals surface area contributed by atoms with E-state index >= 15 is 0 Å². The van der Waals surface area contributed by atoms with E-state index in [1.807, 2.05) is 6.92 Å². The first kappa shape index (κ1) is 18.6. The standard InChI is InChI=1S/C17H14Cl3NO3/c1-9-3-5-12(8-14(9)19)21-16(22)10(2)24-17(23)11-4-6-13(18)15(20)7-11/h3-8,10H,1-2H3,(H,21,22)/t10-/m1/s1. The van der Waals surface area contributed by atoms with Gasteiger partial charge in [-0.2, -0.15) is 0 Å². The van der Waals surface area contributed by atoms with E-state index in [0.717, 1.165) is 5.56 Å². The molecule has 0 fully saturated rings. The van der Waals surface area contributed by atoms with Crippen molar-refractivity contribution in [3.63, 3.8) is 0 Å². The third-order valence-electron chi connectivity index (χ3n) is 3.25. The highest BCUT2D eigenvalue weighted by molar-refractivity contribution is 6.42. The Morgan fingerprint density at radius 3 is 2.33 bits per heavy atom. The van der Waals surface area contributed by atoms with Gasteiger partial charge in [-0.15, -0.1) is 0 Å². The molecule has 4 nitrogen and oxygen atoms in total. The number of amides is 1. The molecule has 0 radical (unpaired) electrons. The second-order valence-corrected chi connectivity index (χ2v) is 6.35. The van der Waals surface area contributed by atoms with Gasteiger partial charge < -0.3 is 10.1 Å². The molecule has 0 aliphatic rings. The van der Waals surface area contributed by atoms with Gasteiger partial charge in [0.25, 0.3) is 5.91 Å². The first-order valence-corrected chi connectivity index (χ1v) is 8.14. The third kappa shape index (κ3) is 4.63. The van der Waals surface area contributed by atoms with Crippen LogP contribution in [0.15, 0.2) is 36.4 Å². The van der Waals surface area contributed by atoms with Gasteiger partial charge in [-0.1, -0.05) is 40.9 Å². The zero-order chi connectivity index (χ0) is 17.9. The van der Waals surface area contributed by atoms with Gasteiger partial charge in [-0.25, -0.2) is 4.79 Å². The van der Waals surface area contributed by atoms with E-state index in [1.165, 1.54) is 25.1 Å². The Bertz CT molecular complexity index is 793. The molecule has 0 bridgehead atoms. The SMILES string of the molecule is Cc1ccc(NC(=O)[C@@H](C)OC(=O)c2ccc(Cl)c(Cl)c2)cc1Cl. The number of halogens is 3. The second kappa shape index (κ2) is 7.88. The Balaban J connectivity index is 2.01. The van der Waals surface area contributed by atoms with Crippen LogP contribution in [0.25, 0.3) is 0 Å². The molecule has 2 aromatic carbocycles. The molecule has 126 valence electrons. The molecule has 1 amide bonds. The van der Waals surface area contributed by atoms with Crippen LogP contribution in [0, 0.1) is 6.92 Å². The number of hydrogen-bond acceptors (Lipinski definition) is 3. The minimum atomic E-state index is -0.993. The normalized spacial score (nSPS) is 11.7. The van der Waals surface area contributed by atoms with Crippen molar-refractivity contribution in [2.45, 2.75) is 20.0 Å². The number of aryl methyl sites for hydroxylation is 1. The van der Waals surface area contributed by atoms with E-state index in [1.54, 1.807) is 18.2 Å². The number of carbonyl (C=O) groups is 2. The van der Waals surface area contributed by atoms with Crippen molar-refractivity contribution in [3.8, 4) is 0 Å². The van der Waals surface area contributed by atoms with Crippen molar-refractivity contribution in [1.29, 1.82) is 0 Å². The summed E-state index contributed by atoms with van der Waals surface area (Å²) in [6, 6.07) is 9.47. The summed E-state index contributed by atoms with van der Waals surface area (Å²) in [5.74, 6) is -1.14. The smallest absolute Gasteiger partial charge is 0.338 e. The fourth-order valence-electron chi connectivity index (χ4n) is 1.82. The molecule has 0 saturated carbocycles. The monoisotopic (exact) mass is 385 g/mol. The van der Waals surface area contributed by atoms with Gasteiger partial charge in [0.2, 0.25) is 0 Å². The van der Waals surface area contributed by atoms with Crippen molar-refractivity contribution in [2.75, 3.05) is 5.32 Å². The van der Waals surface area contributed by atoms with E-state index in [2.05, 4.69) is 5.32 Å². The zero-order valence-corrected chi connectivity index (χ0v) is 15.2. The summed E-state index contributed by atoms with van der Waals surface area (Å²) >= 11 is 17.7. The Morgan fingerprint density at radius 2 is 1.71 bits per heavy atom. The number of ether oxygens (including phenoxy) is 1. The quantitative estimate of drug-likeness (QED) is 0.740. The minimum Gasteiger partial charge on any atom is -0.449 e. The Morgan fingerprint density at radius 1 is 1.00 bits per heavy atom. The fraction of sp³-hybridized carbons (Fsp3) is 0.176. The molecule has 0 saturated heterocycles. The van der Waals surface area contributed by atoms with Crippen molar-refractivity contribution in [3.05, 3.63) is 62.6 Å². The first-order valence-electron chi connectivity index (χ1n) is 7.01. The minimum absolute atomic E-state index is 0.211. The van der Waals surface area contributed by atoms with Crippen molar-refractivity contribution >= 4 is 52.4 Å². The maximum Gasteiger partial charge on any atom is 0.338 e. The van der Waals surface area contributed by atoms with E-state index in [-0.39, 0.29) is 10.6 Å². The molecule has 2 aromatic rings. The Kier molecular flexibility index (Phi) is 6.10. The van der Waals surface area contributed by atoms with Crippen LogP contribution in [0.2, 0.25) is 15.1 Å². The molecule has 0 unspecified atom stereocenters. The molecule has 0 aromatic heterocycles. The predicted molar refractivity (Wildman–Crippen MR) is 96.2 cm³/mol. The van der Waals surface area contributed by atoms with E-state index in [9.17, 15) is 9.59 Å². The Hall–Kier alpha value is -1.75. The van der Waals surface area contributed by atoms with Crippen LogP contribution in [0.5, 0.6) is 0 Å².